The van der Waals surface area contributed by atoms with Gasteiger partial charge in [0, 0.05) is 36.0 Å². The Morgan fingerprint density at radius 1 is 1.27 bits per heavy atom. The van der Waals surface area contributed by atoms with Crippen molar-refractivity contribution in [3.63, 3.8) is 0 Å². The number of carboxylic acid groups (broad SMARTS) is 1. The number of aliphatic carboxylic acids is 1. The van der Waals surface area contributed by atoms with E-state index in [1.54, 1.807) is 5.38 Å². The molecule has 2 atom stereocenters. The number of hydrogen-bond donors (Lipinski definition) is 5. The first-order valence-corrected chi connectivity index (χ1v) is 16.4. The number of thioether (sulfide) groups is 1. The van der Waals surface area contributed by atoms with Crippen LogP contribution in [0.25, 0.3) is 0 Å². The minimum Gasteiger partial charge on any atom is -0.504 e. The van der Waals surface area contributed by atoms with Gasteiger partial charge in [0.25, 0.3) is 5.91 Å². The summed E-state index contributed by atoms with van der Waals surface area (Å²) in [7, 11) is 1.29. The van der Waals surface area contributed by atoms with Gasteiger partial charge in [-0.05, 0) is 12.1 Å². The second-order valence-electron chi connectivity index (χ2n) is 11.0. The summed E-state index contributed by atoms with van der Waals surface area (Å²) in [5.41, 5.74) is 6.49. The number of hydrogen-bond acceptors (Lipinski definition) is 12. The standard InChI is InChI=1S/C28H31ClN6O8S2/c1-43-33-21(17-13-45-28(30)32-17)19(37)10-16-25(40)34-22(27(41)42)14(12-44-26(16)34)11-35(7-2-3-8-35)9-6-31-24(39)15-4-5-18(36)23(38)20(15)29/h4-5,13,16,26H,2-3,6-12H2,1H3,(H5-,30,31,32,33,36,37,38,39,41,42)/p+1. The molecule has 2 saturated heterocycles. The number of nitrogens with one attached hydrogen (secondary N) is 1. The monoisotopic (exact) mass is 679 g/mol. The molecule has 5 rings (SSSR count). The van der Waals surface area contributed by atoms with Crippen LogP contribution in [0.15, 0.2) is 33.9 Å². The van der Waals surface area contributed by atoms with Crippen LogP contribution >= 0.6 is 34.7 Å². The number of aromatic hydroxyl groups is 2. The molecule has 3 aliphatic heterocycles. The van der Waals surface area contributed by atoms with Gasteiger partial charge in [-0.1, -0.05) is 16.8 Å². The van der Waals surface area contributed by atoms with Crippen LogP contribution in [0.3, 0.4) is 0 Å². The van der Waals surface area contributed by atoms with Gasteiger partial charge in [0.15, 0.2) is 28.1 Å². The number of carbonyl (C=O) groups excluding carboxylic acids is 3. The van der Waals surface area contributed by atoms with Crippen molar-refractivity contribution < 1.29 is 43.8 Å². The van der Waals surface area contributed by atoms with Crippen LogP contribution in [0, 0.1) is 5.92 Å². The van der Waals surface area contributed by atoms with E-state index in [9.17, 15) is 34.5 Å². The van der Waals surface area contributed by atoms with E-state index in [0.29, 0.717) is 28.9 Å². The molecule has 1 aromatic heterocycles. The Bertz CT molecular complexity index is 1600. The van der Waals surface area contributed by atoms with Crippen molar-refractivity contribution in [2.45, 2.75) is 24.6 Å². The summed E-state index contributed by atoms with van der Waals surface area (Å²) in [5, 5.41) is 37.3. The van der Waals surface area contributed by atoms with Crippen LogP contribution in [0.4, 0.5) is 5.13 Å². The first kappa shape index (κ1) is 32.5. The Balaban J connectivity index is 1.28. The quantitative estimate of drug-likeness (QED) is 0.0721. The number of rotatable bonds is 12. The van der Waals surface area contributed by atoms with Gasteiger partial charge in [-0.2, -0.15) is 0 Å². The number of amides is 2. The van der Waals surface area contributed by atoms with Crippen LogP contribution in [-0.4, -0.2) is 110 Å². The number of carbonyl (C=O) groups is 4. The lowest BCUT2D eigenvalue weighted by Gasteiger charge is -2.50. The summed E-state index contributed by atoms with van der Waals surface area (Å²) >= 11 is 8.59. The summed E-state index contributed by atoms with van der Waals surface area (Å²) in [5.74, 6) is -3.99. The van der Waals surface area contributed by atoms with Crippen molar-refractivity contribution in [3.05, 3.63) is 45.1 Å². The molecule has 2 unspecified atom stereocenters. The van der Waals surface area contributed by atoms with E-state index >= 15 is 0 Å². The minimum absolute atomic E-state index is 0.0196. The molecule has 3 aliphatic rings. The summed E-state index contributed by atoms with van der Waals surface area (Å²) in [6, 6.07) is 2.50. The number of aromatic nitrogens is 1. The molecule has 14 nitrogen and oxygen atoms in total. The van der Waals surface area contributed by atoms with Crippen LogP contribution in [0.1, 0.15) is 35.3 Å². The van der Waals surface area contributed by atoms with Gasteiger partial charge in [-0.25, -0.2) is 9.78 Å². The number of thiazole rings is 1. The molecule has 0 aliphatic carbocycles. The van der Waals surface area contributed by atoms with Crippen molar-refractivity contribution in [1.29, 1.82) is 0 Å². The van der Waals surface area contributed by atoms with Gasteiger partial charge >= 0.3 is 5.97 Å². The number of phenolic OH excluding ortho intramolecular Hbond substituents is 2. The number of likely N-dealkylation sites (tertiary alicyclic amines) is 1. The number of oxime groups is 1. The molecule has 240 valence electrons. The van der Waals surface area contributed by atoms with E-state index in [-0.39, 0.29) is 45.8 Å². The van der Waals surface area contributed by atoms with Crippen molar-refractivity contribution in [3.8, 4) is 11.5 Å². The minimum atomic E-state index is -1.21. The predicted molar refractivity (Wildman–Crippen MR) is 167 cm³/mol. The lowest BCUT2D eigenvalue weighted by atomic mass is 9.89. The van der Waals surface area contributed by atoms with Crippen molar-refractivity contribution >= 4 is 69.1 Å². The lowest BCUT2D eigenvalue weighted by Crippen LogP contribution is -2.63. The van der Waals surface area contributed by atoms with Crippen LogP contribution in [0.2, 0.25) is 5.02 Å². The Kier molecular flexibility index (Phi) is 9.57. The van der Waals surface area contributed by atoms with Crippen molar-refractivity contribution in [2.24, 2.45) is 11.1 Å². The van der Waals surface area contributed by atoms with E-state index in [1.165, 1.54) is 35.9 Å². The number of nitrogens with two attached hydrogens (primary N) is 1. The maximum Gasteiger partial charge on any atom is 0.352 e. The van der Waals surface area contributed by atoms with E-state index in [2.05, 4.69) is 15.5 Å². The van der Waals surface area contributed by atoms with E-state index < -0.39 is 46.4 Å². The fourth-order valence-corrected chi connectivity index (χ4v) is 8.26. The molecule has 0 radical (unpaired) electrons. The van der Waals surface area contributed by atoms with E-state index in [4.69, 9.17) is 22.2 Å². The number of quaternary nitrogens is 1. The number of Topliss-reactive ketones (excluding diaryl/α,β-unsaturated/α-hetero) is 1. The molecule has 45 heavy (non-hydrogen) atoms. The Morgan fingerprint density at radius 3 is 2.64 bits per heavy atom. The second kappa shape index (κ2) is 13.2. The van der Waals surface area contributed by atoms with Gasteiger partial charge in [0.2, 0.25) is 5.91 Å². The number of ketones is 1. The highest BCUT2D eigenvalue weighted by Crippen LogP contribution is 2.46. The molecular weight excluding hydrogens is 648 g/mol. The number of benzene rings is 1. The van der Waals surface area contributed by atoms with E-state index in [1.807, 2.05) is 0 Å². The lowest BCUT2D eigenvalue weighted by molar-refractivity contribution is -0.911. The molecule has 6 N–H and O–H groups in total. The van der Waals surface area contributed by atoms with Gasteiger partial charge in [-0.15, -0.1) is 23.1 Å². The Morgan fingerprint density at radius 2 is 2.00 bits per heavy atom. The number of carboxylic acids is 1. The summed E-state index contributed by atoms with van der Waals surface area (Å²) in [4.78, 5) is 62.0. The number of halogens is 1. The molecule has 2 amide bonds. The van der Waals surface area contributed by atoms with Gasteiger partial charge in [0.1, 0.15) is 25.0 Å². The van der Waals surface area contributed by atoms with Crippen LogP contribution in [0.5, 0.6) is 11.5 Å². The summed E-state index contributed by atoms with van der Waals surface area (Å²) in [6.07, 6.45) is 1.68. The highest BCUT2D eigenvalue weighted by molar-refractivity contribution is 8.00. The van der Waals surface area contributed by atoms with Gasteiger partial charge < -0.3 is 35.7 Å². The van der Waals surface area contributed by atoms with Gasteiger partial charge in [0.05, 0.1) is 48.1 Å². The third-order valence-electron chi connectivity index (χ3n) is 8.23. The number of β-lactam (4-membered cyclic amide) rings is 1. The molecule has 0 saturated carbocycles. The third-order valence-corrected chi connectivity index (χ3v) is 10.7. The number of phenols is 2. The fraction of sp³-hybridized carbons (Fsp3) is 0.429. The third kappa shape index (κ3) is 6.45. The molecule has 1 aromatic carbocycles. The largest absolute Gasteiger partial charge is 0.504 e. The fourth-order valence-electron chi connectivity index (χ4n) is 6.07. The number of fused-ring (bicyclic) bond motifs is 1. The average molecular weight is 680 g/mol. The van der Waals surface area contributed by atoms with Crippen LogP contribution < -0.4 is 11.1 Å². The average Bonchev–Trinajstić information content (AvgIpc) is 3.65. The number of anilines is 1. The predicted octanol–water partition coefficient (Wildman–Crippen LogP) is 2.01. The zero-order chi connectivity index (χ0) is 32.5. The summed E-state index contributed by atoms with van der Waals surface area (Å²) < 4.78 is 0.531. The van der Waals surface area contributed by atoms with Gasteiger partial charge in [-0.3, -0.25) is 19.3 Å². The smallest absolute Gasteiger partial charge is 0.352 e. The topological polar surface area (TPSA) is 205 Å². The Hall–Kier alpha value is -3.86. The highest BCUT2D eigenvalue weighted by Gasteiger charge is 2.55. The normalized spacial score (nSPS) is 20.9. The second-order valence-corrected chi connectivity index (χ2v) is 13.4. The number of nitrogen functional groups attached to an aromatic ring is 1. The molecule has 2 fully saturated rings. The van der Waals surface area contributed by atoms with E-state index in [0.717, 1.165) is 37.3 Å². The summed E-state index contributed by atoms with van der Waals surface area (Å²) in [6.45, 7) is 2.70. The molecule has 0 spiro atoms. The molecule has 17 heteroatoms. The zero-order valence-corrected chi connectivity index (χ0v) is 26.6. The first-order valence-electron chi connectivity index (χ1n) is 14.1. The molecular formula is C28H32ClN6O8S2+. The molecule has 4 heterocycles. The maximum absolute atomic E-state index is 13.3. The number of nitrogens with zero attached hydrogens (tertiary/aromatic N) is 4. The maximum atomic E-state index is 13.3. The molecule has 2 aromatic rings. The Labute approximate surface area is 271 Å². The van der Waals surface area contributed by atoms with Crippen molar-refractivity contribution in [2.75, 3.05) is 51.3 Å². The SMILES string of the molecule is CO/N=C(\C(=O)CC1C(=O)N2C(C(=O)O)=C(C[N+]3(CCNC(=O)c4ccc(O)c(O)c4Cl)CCCC3)CSC12)c1csc(N)n1. The molecule has 0 bridgehead atoms. The highest BCUT2D eigenvalue weighted by atomic mass is 35.5. The first-order chi connectivity index (χ1) is 21.5. The van der Waals surface area contributed by atoms with Crippen molar-refractivity contribution in [1.82, 2.24) is 15.2 Å². The van der Waals surface area contributed by atoms with Crippen LogP contribution in [-0.2, 0) is 19.2 Å². The zero-order valence-electron chi connectivity index (χ0n) is 24.2.